The van der Waals surface area contributed by atoms with Gasteiger partial charge in [0.15, 0.2) is 9.84 Å². The number of ether oxygens (including phenoxy) is 1. The van der Waals surface area contributed by atoms with Crippen LogP contribution in [0.5, 0.6) is 5.88 Å². The van der Waals surface area contributed by atoms with Crippen LogP contribution in [0.1, 0.15) is 71.3 Å². The maximum atomic E-state index is 12.6. The summed E-state index contributed by atoms with van der Waals surface area (Å²) in [6.07, 6.45) is 8.11. The molecule has 1 aromatic rings. The lowest BCUT2D eigenvalue weighted by Crippen LogP contribution is -2.30. The minimum atomic E-state index is -3.01. The Bertz CT molecular complexity index is 707. The molecule has 1 aliphatic carbocycles. The fourth-order valence-electron chi connectivity index (χ4n) is 3.67. The summed E-state index contributed by atoms with van der Waals surface area (Å²) in [6.45, 7) is 6.48. The van der Waals surface area contributed by atoms with Gasteiger partial charge in [0.1, 0.15) is 5.78 Å². The number of unbranched alkanes of at least 4 members (excludes halogenated alkanes) is 1. The van der Waals surface area contributed by atoms with Crippen LogP contribution in [0.4, 0.5) is 0 Å². The van der Waals surface area contributed by atoms with Gasteiger partial charge in [0.05, 0.1) is 17.6 Å². The second-order valence-corrected chi connectivity index (χ2v) is 10.6. The van der Waals surface area contributed by atoms with Crippen LogP contribution in [-0.2, 0) is 21.1 Å². The second kappa shape index (κ2) is 10.9. The Hall–Kier alpha value is -1.43. The summed E-state index contributed by atoms with van der Waals surface area (Å²) in [5.41, 5.74) is 0.911. The number of carbonyl (C=O) groups is 1. The van der Waals surface area contributed by atoms with E-state index >= 15 is 0 Å². The highest BCUT2D eigenvalue weighted by atomic mass is 32.2. The summed E-state index contributed by atoms with van der Waals surface area (Å²) in [4.78, 5) is 16.9. The Balaban J connectivity index is 1.79. The lowest BCUT2D eigenvalue weighted by atomic mass is 9.79. The molecule has 0 aromatic carbocycles. The monoisotopic (exact) mass is 409 g/mol. The van der Waals surface area contributed by atoms with Gasteiger partial charge in [-0.1, -0.05) is 26.3 Å². The van der Waals surface area contributed by atoms with Crippen LogP contribution in [-0.4, -0.2) is 36.8 Å². The standard InChI is InChI=1S/C22H35NO4S/c1-4-6-13-27-22-12-9-19(15-23-22)14-21(24)20-10-7-18(8-11-20)16-28(25,26)17(3)5-2/h9,12,15,17-18,20H,4-8,10-11,13-14,16H2,1-3H3. The first-order valence-corrected chi connectivity index (χ1v) is 12.4. The third kappa shape index (κ3) is 6.87. The minimum absolute atomic E-state index is 0.0445. The number of hydrogen-bond acceptors (Lipinski definition) is 5. The van der Waals surface area contributed by atoms with Crippen LogP contribution >= 0.6 is 0 Å². The van der Waals surface area contributed by atoms with Gasteiger partial charge in [-0.15, -0.1) is 0 Å². The molecule has 1 atom stereocenters. The molecule has 0 amide bonds. The molecule has 0 aliphatic heterocycles. The Kier molecular flexibility index (Phi) is 8.93. The molecule has 0 saturated heterocycles. The topological polar surface area (TPSA) is 73.3 Å². The van der Waals surface area contributed by atoms with E-state index < -0.39 is 9.84 Å². The van der Waals surface area contributed by atoms with Gasteiger partial charge in [0.2, 0.25) is 5.88 Å². The van der Waals surface area contributed by atoms with Crippen molar-refractivity contribution in [2.24, 2.45) is 11.8 Å². The predicted molar refractivity (Wildman–Crippen MR) is 112 cm³/mol. The average Bonchev–Trinajstić information content (AvgIpc) is 2.69. The Labute approximate surface area is 170 Å². The number of rotatable bonds is 11. The normalized spacial score (nSPS) is 21.2. The SMILES string of the molecule is CCCCOc1ccc(CC(=O)C2CCC(CS(=O)(=O)C(C)CC)CC2)cn1. The number of pyridine rings is 1. The Morgan fingerprint density at radius 3 is 2.50 bits per heavy atom. The number of hydrogen-bond donors (Lipinski definition) is 0. The van der Waals surface area contributed by atoms with Gasteiger partial charge in [-0.05, 0) is 56.9 Å². The van der Waals surface area contributed by atoms with Crippen LogP contribution in [0.15, 0.2) is 18.3 Å². The van der Waals surface area contributed by atoms with Gasteiger partial charge in [-0.25, -0.2) is 13.4 Å². The number of Topliss-reactive ketones (excluding diaryl/α,β-unsaturated/α-hetero) is 1. The van der Waals surface area contributed by atoms with E-state index in [1.165, 1.54) is 0 Å². The van der Waals surface area contributed by atoms with Crippen molar-refractivity contribution in [1.29, 1.82) is 0 Å². The molecule has 6 heteroatoms. The van der Waals surface area contributed by atoms with E-state index in [-0.39, 0.29) is 28.6 Å². The zero-order chi connectivity index (χ0) is 20.6. The summed E-state index contributed by atoms with van der Waals surface area (Å²) in [7, 11) is -3.01. The first-order chi connectivity index (χ1) is 13.4. The first-order valence-electron chi connectivity index (χ1n) is 10.7. The van der Waals surface area contributed by atoms with E-state index in [0.717, 1.165) is 44.1 Å². The quantitative estimate of drug-likeness (QED) is 0.507. The van der Waals surface area contributed by atoms with Gasteiger partial charge >= 0.3 is 0 Å². The predicted octanol–water partition coefficient (Wildman–Crippen LogP) is 4.39. The summed E-state index contributed by atoms with van der Waals surface area (Å²) in [5, 5.41) is -0.270. The molecule has 1 aliphatic rings. The zero-order valence-electron chi connectivity index (χ0n) is 17.5. The van der Waals surface area contributed by atoms with Crippen molar-refractivity contribution in [3.63, 3.8) is 0 Å². The molecule has 1 saturated carbocycles. The maximum absolute atomic E-state index is 12.6. The number of ketones is 1. The molecule has 1 fully saturated rings. The average molecular weight is 410 g/mol. The van der Waals surface area contributed by atoms with E-state index in [4.69, 9.17) is 4.74 Å². The first kappa shape index (κ1) is 22.9. The molecule has 1 aromatic heterocycles. The van der Waals surface area contributed by atoms with Crippen LogP contribution in [0.25, 0.3) is 0 Å². The van der Waals surface area contributed by atoms with E-state index in [2.05, 4.69) is 11.9 Å². The highest BCUT2D eigenvalue weighted by Gasteiger charge is 2.30. The molecule has 158 valence electrons. The summed E-state index contributed by atoms with van der Waals surface area (Å²) < 4.78 is 30.2. The molecule has 2 rings (SSSR count). The molecule has 0 spiro atoms. The van der Waals surface area contributed by atoms with E-state index in [1.54, 1.807) is 13.1 Å². The van der Waals surface area contributed by atoms with E-state index in [9.17, 15) is 13.2 Å². The smallest absolute Gasteiger partial charge is 0.213 e. The lowest BCUT2D eigenvalue weighted by Gasteiger charge is -2.28. The number of nitrogens with zero attached hydrogens (tertiary/aromatic N) is 1. The van der Waals surface area contributed by atoms with Crippen molar-refractivity contribution < 1.29 is 17.9 Å². The van der Waals surface area contributed by atoms with Crippen molar-refractivity contribution in [3.8, 4) is 5.88 Å². The van der Waals surface area contributed by atoms with E-state index in [0.29, 0.717) is 25.3 Å². The van der Waals surface area contributed by atoms with Crippen molar-refractivity contribution in [2.45, 2.75) is 77.4 Å². The van der Waals surface area contributed by atoms with Crippen LogP contribution in [0.2, 0.25) is 0 Å². The lowest BCUT2D eigenvalue weighted by molar-refractivity contribution is -0.123. The molecular formula is C22H35NO4S. The molecule has 1 heterocycles. The molecule has 0 bridgehead atoms. The third-order valence-electron chi connectivity index (χ3n) is 5.88. The van der Waals surface area contributed by atoms with Gasteiger partial charge in [0, 0.05) is 24.6 Å². The van der Waals surface area contributed by atoms with Crippen LogP contribution in [0, 0.1) is 11.8 Å². The number of aromatic nitrogens is 1. The fraction of sp³-hybridized carbons (Fsp3) is 0.727. The molecule has 0 radical (unpaired) electrons. The Morgan fingerprint density at radius 1 is 1.21 bits per heavy atom. The van der Waals surface area contributed by atoms with Gasteiger partial charge in [0.25, 0.3) is 0 Å². The van der Waals surface area contributed by atoms with Gasteiger partial charge in [-0.2, -0.15) is 0 Å². The molecule has 28 heavy (non-hydrogen) atoms. The number of sulfone groups is 1. The maximum Gasteiger partial charge on any atom is 0.213 e. The highest BCUT2D eigenvalue weighted by Crippen LogP contribution is 2.31. The number of carbonyl (C=O) groups excluding carboxylic acids is 1. The molecule has 1 unspecified atom stereocenters. The third-order valence-corrected chi connectivity index (χ3v) is 8.38. The van der Waals surface area contributed by atoms with Crippen molar-refractivity contribution in [2.75, 3.05) is 12.4 Å². The summed E-state index contributed by atoms with van der Waals surface area (Å²) >= 11 is 0. The fourth-order valence-corrected chi connectivity index (χ4v) is 5.49. The van der Waals surface area contributed by atoms with Crippen LogP contribution < -0.4 is 4.74 Å². The summed E-state index contributed by atoms with van der Waals surface area (Å²) in [6, 6.07) is 3.74. The van der Waals surface area contributed by atoms with Crippen molar-refractivity contribution in [3.05, 3.63) is 23.9 Å². The molecular weight excluding hydrogens is 374 g/mol. The summed E-state index contributed by atoms with van der Waals surface area (Å²) in [5.74, 6) is 1.36. The van der Waals surface area contributed by atoms with Gasteiger partial charge < -0.3 is 4.74 Å². The Morgan fingerprint density at radius 2 is 1.93 bits per heavy atom. The van der Waals surface area contributed by atoms with E-state index in [1.807, 2.05) is 19.1 Å². The highest BCUT2D eigenvalue weighted by molar-refractivity contribution is 7.92. The van der Waals surface area contributed by atoms with Crippen LogP contribution in [0.3, 0.4) is 0 Å². The second-order valence-electron chi connectivity index (χ2n) is 8.12. The minimum Gasteiger partial charge on any atom is -0.478 e. The van der Waals surface area contributed by atoms with Crippen molar-refractivity contribution in [1.82, 2.24) is 4.98 Å². The van der Waals surface area contributed by atoms with Crippen molar-refractivity contribution >= 4 is 15.6 Å². The zero-order valence-corrected chi connectivity index (χ0v) is 18.3. The molecule has 0 N–H and O–H groups in total. The molecule has 5 nitrogen and oxygen atoms in total. The van der Waals surface area contributed by atoms with Gasteiger partial charge in [-0.3, -0.25) is 4.79 Å². The largest absolute Gasteiger partial charge is 0.478 e.